The second-order valence-corrected chi connectivity index (χ2v) is 7.75. The summed E-state index contributed by atoms with van der Waals surface area (Å²) in [7, 11) is 0. The lowest BCUT2D eigenvalue weighted by atomic mass is 10.1. The van der Waals surface area contributed by atoms with Gasteiger partial charge in [-0.3, -0.25) is 9.59 Å². The predicted molar refractivity (Wildman–Crippen MR) is 114 cm³/mol. The molecule has 0 saturated carbocycles. The highest BCUT2D eigenvalue weighted by molar-refractivity contribution is 6.30. The highest BCUT2D eigenvalue weighted by Gasteiger charge is 2.29. The molecule has 0 N–H and O–H groups in total. The number of nitrogens with zero attached hydrogens (tertiary/aromatic N) is 3. The van der Waals surface area contributed by atoms with Gasteiger partial charge in [0.15, 0.2) is 5.76 Å². The third-order valence-corrected chi connectivity index (χ3v) is 5.51. The van der Waals surface area contributed by atoms with Crippen LogP contribution in [0, 0.1) is 6.92 Å². The van der Waals surface area contributed by atoms with E-state index in [9.17, 15) is 9.59 Å². The zero-order chi connectivity index (χ0) is 21.1. The van der Waals surface area contributed by atoms with E-state index in [1.54, 1.807) is 28.9 Å². The summed E-state index contributed by atoms with van der Waals surface area (Å²) in [5.74, 6) is 0.405. The molecule has 0 bridgehead atoms. The molecule has 4 rings (SSSR count). The monoisotopic (exact) mass is 423 g/mol. The lowest BCUT2D eigenvalue weighted by Gasteiger charge is -2.34. The van der Waals surface area contributed by atoms with E-state index in [1.807, 2.05) is 42.5 Å². The number of piperazine rings is 1. The van der Waals surface area contributed by atoms with Crippen molar-refractivity contribution in [3.63, 3.8) is 0 Å². The number of halogens is 1. The Hall–Kier alpha value is -3.12. The van der Waals surface area contributed by atoms with Crippen LogP contribution in [0.1, 0.15) is 21.6 Å². The number of hydrogen-bond donors (Lipinski definition) is 0. The zero-order valence-electron chi connectivity index (χ0n) is 16.7. The second-order valence-electron chi connectivity index (χ2n) is 7.32. The molecule has 0 unspecified atom stereocenters. The highest BCUT2D eigenvalue weighted by Crippen LogP contribution is 2.27. The van der Waals surface area contributed by atoms with E-state index in [1.165, 1.54) is 0 Å². The molecule has 2 heterocycles. The lowest BCUT2D eigenvalue weighted by Crippen LogP contribution is -2.51. The number of carbonyl (C=O) groups excluding carboxylic acids is 2. The van der Waals surface area contributed by atoms with Gasteiger partial charge in [-0.1, -0.05) is 59.2 Å². The van der Waals surface area contributed by atoms with Crippen LogP contribution in [0.5, 0.6) is 0 Å². The normalized spacial score (nSPS) is 14.1. The molecule has 6 nitrogen and oxygen atoms in total. The third-order valence-electron chi connectivity index (χ3n) is 5.28. The standard InChI is InChI=1S/C23H22ClN3O3/c1-16-21(22(30-25-16)18-7-3-2-4-8-18)23(29)27-12-10-26(11-13-27)20(28)15-17-6-5-9-19(24)14-17/h2-9,14H,10-13,15H2,1H3. The van der Waals surface area contributed by atoms with Crippen molar-refractivity contribution < 1.29 is 14.1 Å². The molecule has 30 heavy (non-hydrogen) atoms. The van der Waals surface area contributed by atoms with Crippen LogP contribution in [0.25, 0.3) is 11.3 Å². The summed E-state index contributed by atoms with van der Waals surface area (Å²) >= 11 is 6.00. The van der Waals surface area contributed by atoms with Gasteiger partial charge in [0.2, 0.25) is 5.91 Å². The quantitative estimate of drug-likeness (QED) is 0.639. The van der Waals surface area contributed by atoms with Gasteiger partial charge in [-0.05, 0) is 24.6 Å². The minimum absolute atomic E-state index is 0.0375. The molecule has 1 aliphatic rings. The lowest BCUT2D eigenvalue weighted by molar-refractivity contribution is -0.131. The first kappa shape index (κ1) is 20.2. The largest absolute Gasteiger partial charge is 0.355 e. The van der Waals surface area contributed by atoms with Crippen molar-refractivity contribution in [2.24, 2.45) is 0 Å². The van der Waals surface area contributed by atoms with Crippen LogP contribution in [0.2, 0.25) is 5.02 Å². The molecule has 0 atom stereocenters. The van der Waals surface area contributed by atoms with Gasteiger partial charge in [0.25, 0.3) is 5.91 Å². The van der Waals surface area contributed by atoms with Gasteiger partial charge in [0.05, 0.1) is 12.1 Å². The van der Waals surface area contributed by atoms with Gasteiger partial charge < -0.3 is 14.3 Å². The maximum atomic E-state index is 13.2. The molecule has 1 aromatic heterocycles. The average Bonchev–Trinajstić information content (AvgIpc) is 3.15. The fraction of sp³-hybridized carbons (Fsp3) is 0.261. The van der Waals surface area contributed by atoms with E-state index in [-0.39, 0.29) is 11.8 Å². The molecular weight excluding hydrogens is 402 g/mol. The summed E-state index contributed by atoms with van der Waals surface area (Å²) in [6.07, 6.45) is 0.303. The molecule has 7 heteroatoms. The molecule has 2 aromatic carbocycles. The van der Waals surface area contributed by atoms with Gasteiger partial charge in [0, 0.05) is 36.8 Å². The summed E-state index contributed by atoms with van der Waals surface area (Å²) in [6, 6.07) is 16.8. The van der Waals surface area contributed by atoms with Gasteiger partial charge in [-0.25, -0.2) is 0 Å². The van der Waals surface area contributed by atoms with E-state index in [0.717, 1.165) is 11.1 Å². The Morgan fingerprint density at radius 2 is 1.70 bits per heavy atom. The van der Waals surface area contributed by atoms with Gasteiger partial charge >= 0.3 is 0 Å². The first-order valence-corrected chi connectivity index (χ1v) is 10.2. The number of amides is 2. The number of rotatable bonds is 4. The van der Waals surface area contributed by atoms with E-state index in [0.29, 0.717) is 54.6 Å². The predicted octanol–water partition coefficient (Wildman–Crippen LogP) is 3.83. The Morgan fingerprint density at radius 3 is 2.40 bits per heavy atom. The third kappa shape index (κ3) is 4.24. The van der Waals surface area contributed by atoms with Crippen molar-refractivity contribution in [1.82, 2.24) is 15.0 Å². The molecule has 1 saturated heterocycles. The van der Waals surface area contributed by atoms with Crippen LogP contribution in [0.4, 0.5) is 0 Å². The summed E-state index contributed by atoms with van der Waals surface area (Å²) in [4.78, 5) is 29.4. The fourth-order valence-corrected chi connectivity index (χ4v) is 3.87. The molecule has 0 aliphatic carbocycles. The Balaban J connectivity index is 1.42. The van der Waals surface area contributed by atoms with E-state index in [4.69, 9.17) is 16.1 Å². The summed E-state index contributed by atoms with van der Waals surface area (Å²) in [5.41, 5.74) is 2.76. The Bertz CT molecular complexity index is 1060. The molecule has 3 aromatic rings. The van der Waals surface area contributed by atoms with Gasteiger partial charge in [-0.2, -0.15) is 0 Å². The number of aromatic nitrogens is 1. The van der Waals surface area contributed by atoms with E-state index >= 15 is 0 Å². The van der Waals surface area contributed by atoms with Gasteiger partial charge in [-0.15, -0.1) is 0 Å². The molecule has 0 spiro atoms. The van der Waals surface area contributed by atoms with Crippen LogP contribution in [-0.4, -0.2) is 52.9 Å². The minimum Gasteiger partial charge on any atom is -0.355 e. The molecule has 0 radical (unpaired) electrons. The first-order chi connectivity index (χ1) is 14.5. The number of aryl methyl sites for hydroxylation is 1. The summed E-state index contributed by atoms with van der Waals surface area (Å²) < 4.78 is 5.46. The Morgan fingerprint density at radius 1 is 1.00 bits per heavy atom. The van der Waals surface area contributed by atoms with Crippen molar-refractivity contribution in [1.29, 1.82) is 0 Å². The van der Waals surface area contributed by atoms with Crippen LogP contribution >= 0.6 is 11.6 Å². The minimum atomic E-state index is -0.116. The van der Waals surface area contributed by atoms with Crippen LogP contribution < -0.4 is 0 Å². The zero-order valence-corrected chi connectivity index (χ0v) is 17.4. The van der Waals surface area contributed by atoms with E-state index in [2.05, 4.69) is 5.16 Å². The Kier molecular flexibility index (Phi) is 5.86. The van der Waals surface area contributed by atoms with Gasteiger partial charge in [0.1, 0.15) is 5.56 Å². The van der Waals surface area contributed by atoms with Crippen molar-refractivity contribution in [3.05, 3.63) is 76.4 Å². The SMILES string of the molecule is Cc1noc(-c2ccccc2)c1C(=O)N1CCN(C(=O)Cc2cccc(Cl)c2)CC1. The maximum absolute atomic E-state index is 13.2. The van der Waals surface area contributed by atoms with Crippen molar-refractivity contribution in [2.75, 3.05) is 26.2 Å². The van der Waals surface area contributed by atoms with E-state index < -0.39 is 0 Å². The average molecular weight is 424 g/mol. The molecule has 1 aliphatic heterocycles. The first-order valence-electron chi connectivity index (χ1n) is 9.86. The maximum Gasteiger partial charge on any atom is 0.259 e. The highest BCUT2D eigenvalue weighted by atomic mass is 35.5. The van der Waals surface area contributed by atoms with Crippen molar-refractivity contribution >= 4 is 23.4 Å². The molecule has 2 amide bonds. The molecule has 1 fully saturated rings. The van der Waals surface area contributed by atoms with Crippen LogP contribution in [-0.2, 0) is 11.2 Å². The summed E-state index contributed by atoms with van der Waals surface area (Å²) in [5, 5.41) is 4.63. The Labute approximate surface area is 180 Å². The second kappa shape index (κ2) is 8.71. The fourth-order valence-electron chi connectivity index (χ4n) is 3.66. The van der Waals surface area contributed by atoms with Crippen LogP contribution in [0.15, 0.2) is 59.1 Å². The number of carbonyl (C=O) groups is 2. The van der Waals surface area contributed by atoms with Crippen LogP contribution in [0.3, 0.4) is 0 Å². The topological polar surface area (TPSA) is 66.7 Å². The molecular formula is C23H22ClN3O3. The van der Waals surface area contributed by atoms with Crippen molar-refractivity contribution in [3.8, 4) is 11.3 Å². The smallest absolute Gasteiger partial charge is 0.259 e. The number of hydrogen-bond acceptors (Lipinski definition) is 4. The number of benzene rings is 2. The summed E-state index contributed by atoms with van der Waals surface area (Å²) in [6.45, 7) is 3.71. The van der Waals surface area contributed by atoms with Crippen molar-refractivity contribution in [2.45, 2.75) is 13.3 Å². The molecule has 154 valence electrons.